The van der Waals surface area contributed by atoms with E-state index in [4.69, 9.17) is 18.6 Å². The zero-order valence-electron chi connectivity index (χ0n) is 19.5. The summed E-state index contributed by atoms with van der Waals surface area (Å²) in [5.74, 6) is -2.69. The third-order valence-corrected chi connectivity index (χ3v) is 10.6. The second kappa shape index (κ2) is 5.46. The standard InChI is InChI=1S/C26H26O8/c1-21(2)25-15(27)6-9-24(25,12-32-21)14-5-8-22(3)18(13-7-10-31-11-13)33-20(30)19-26(22,34-19)23(14,4)16(28)17(25)29/h6-7,9-11,14,18-19H,5,8,12H2,1-4H3. The van der Waals surface area contributed by atoms with E-state index in [2.05, 4.69) is 0 Å². The minimum absolute atomic E-state index is 0.161. The van der Waals surface area contributed by atoms with E-state index in [-0.39, 0.29) is 12.4 Å². The fraction of sp³-hybridized carbons (Fsp3) is 0.615. The number of carbonyl (C=O) groups excluding carboxylic acids is 4. The molecule has 8 unspecified atom stereocenters. The van der Waals surface area contributed by atoms with Crippen LogP contribution in [0.2, 0.25) is 0 Å². The Morgan fingerprint density at radius 2 is 1.76 bits per heavy atom. The summed E-state index contributed by atoms with van der Waals surface area (Å²) in [6.45, 7) is 7.35. The van der Waals surface area contributed by atoms with Crippen LogP contribution in [0, 0.1) is 27.6 Å². The Kier molecular flexibility index (Phi) is 3.34. The number of allylic oxidation sites excluding steroid dienone is 1. The van der Waals surface area contributed by atoms with Crippen molar-refractivity contribution in [2.24, 2.45) is 27.6 Å². The molecule has 0 amide bonds. The maximum absolute atomic E-state index is 14.3. The number of rotatable bonds is 1. The van der Waals surface area contributed by atoms with Gasteiger partial charge in [-0.15, -0.1) is 0 Å². The van der Waals surface area contributed by atoms with Crippen LogP contribution in [-0.2, 0) is 33.4 Å². The monoisotopic (exact) mass is 466 g/mol. The van der Waals surface area contributed by atoms with Gasteiger partial charge in [0, 0.05) is 16.4 Å². The van der Waals surface area contributed by atoms with Crippen molar-refractivity contribution in [1.29, 1.82) is 0 Å². The minimum Gasteiger partial charge on any atom is -0.472 e. The molecule has 0 aromatic carbocycles. The molecule has 0 N–H and O–H groups in total. The van der Waals surface area contributed by atoms with Gasteiger partial charge in [0.05, 0.1) is 30.1 Å². The molecule has 5 fully saturated rings. The quantitative estimate of drug-likeness (QED) is 0.269. The summed E-state index contributed by atoms with van der Waals surface area (Å²) >= 11 is 0. The Hall–Kier alpha value is -2.58. The number of ketones is 3. The number of carbonyl (C=O) groups is 4. The first-order valence-corrected chi connectivity index (χ1v) is 11.8. The summed E-state index contributed by atoms with van der Waals surface area (Å²) in [5.41, 5.74) is -6.31. The van der Waals surface area contributed by atoms with Crippen LogP contribution < -0.4 is 0 Å². The van der Waals surface area contributed by atoms with E-state index < -0.39 is 68.5 Å². The molecule has 7 rings (SSSR count). The largest absolute Gasteiger partial charge is 0.472 e. The molecule has 34 heavy (non-hydrogen) atoms. The summed E-state index contributed by atoms with van der Waals surface area (Å²) in [7, 11) is 0. The summed E-state index contributed by atoms with van der Waals surface area (Å²) in [5, 5.41) is 0. The maximum atomic E-state index is 14.3. The van der Waals surface area contributed by atoms with E-state index in [0.717, 1.165) is 0 Å². The molecule has 178 valence electrons. The van der Waals surface area contributed by atoms with Gasteiger partial charge in [-0.2, -0.15) is 0 Å². The molecule has 8 nitrogen and oxygen atoms in total. The van der Waals surface area contributed by atoms with Gasteiger partial charge < -0.3 is 18.6 Å². The molecule has 6 aliphatic rings. The lowest BCUT2D eigenvalue weighted by Gasteiger charge is -2.64. The first kappa shape index (κ1) is 20.8. The summed E-state index contributed by atoms with van der Waals surface area (Å²) in [6.07, 6.45) is 5.83. The van der Waals surface area contributed by atoms with E-state index in [0.29, 0.717) is 18.4 Å². The number of Topliss-reactive ketones (excluding diaryl/α,β-unsaturated/α-hetero) is 2. The predicted octanol–water partition coefficient (Wildman–Crippen LogP) is 2.51. The summed E-state index contributed by atoms with van der Waals surface area (Å²) in [6, 6.07) is 1.75. The number of fused-ring (bicyclic) bond motifs is 1. The van der Waals surface area contributed by atoms with Gasteiger partial charge in [0.25, 0.3) is 0 Å². The zero-order valence-corrected chi connectivity index (χ0v) is 19.5. The zero-order chi connectivity index (χ0) is 24.1. The molecule has 1 aromatic rings. The lowest BCUT2D eigenvalue weighted by molar-refractivity contribution is -0.211. The van der Waals surface area contributed by atoms with E-state index >= 15 is 0 Å². The molecular weight excluding hydrogens is 440 g/mol. The van der Waals surface area contributed by atoms with Crippen LogP contribution in [0.4, 0.5) is 0 Å². The van der Waals surface area contributed by atoms with Crippen LogP contribution in [-0.4, -0.2) is 47.2 Å². The van der Waals surface area contributed by atoms with Crippen LogP contribution >= 0.6 is 0 Å². The van der Waals surface area contributed by atoms with Crippen molar-refractivity contribution >= 4 is 23.3 Å². The molecule has 0 radical (unpaired) electrons. The molecule has 2 saturated carbocycles. The van der Waals surface area contributed by atoms with Gasteiger partial charge in [-0.25, -0.2) is 4.79 Å². The van der Waals surface area contributed by atoms with Gasteiger partial charge in [0.2, 0.25) is 11.6 Å². The Bertz CT molecular complexity index is 1240. The lowest BCUT2D eigenvalue weighted by atomic mass is 9.35. The molecule has 1 spiro atoms. The van der Waals surface area contributed by atoms with Crippen molar-refractivity contribution in [2.75, 3.05) is 6.61 Å². The average molecular weight is 466 g/mol. The minimum atomic E-state index is -1.59. The Morgan fingerprint density at radius 3 is 2.47 bits per heavy atom. The third kappa shape index (κ3) is 1.64. The van der Waals surface area contributed by atoms with Crippen molar-refractivity contribution in [2.45, 2.75) is 63.9 Å². The molecule has 3 aliphatic carbocycles. The molecule has 3 aliphatic heterocycles. The van der Waals surface area contributed by atoms with Gasteiger partial charge in [0.1, 0.15) is 17.1 Å². The molecule has 8 heteroatoms. The summed E-state index contributed by atoms with van der Waals surface area (Å²) < 4.78 is 23.5. The highest BCUT2D eigenvalue weighted by molar-refractivity contribution is 6.48. The number of esters is 1. The lowest BCUT2D eigenvalue weighted by Crippen LogP contribution is -2.76. The number of hydrogen-bond donors (Lipinski definition) is 0. The molecule has 1 aromatic heterocycles. The number of cyclic esters (lactones) is 1. The molecule has 8 atom stereocenters. The van der Waals surface area contributed by atoms with E-state index in [1.807, 2.05) is 13.0 Å². The van der Waals surface area contributed by atoms with Crippen LogP contribution in [0.15, 0.2) is 35.2 Å². The van der Waals surface area contributed by atoms with Crippen LogP contribution in [0.5, 0.6) is 0 Å². The molecular formula is C26H26O8. The van der Waals surface area contributed by atoms with Gasteiger partial charge >= 0.3 is 5.97 Å². The topological polar surface area (TPSA) is 112 Å². The highest BCUT2D eigenvalue weighted by Gasteiger charge is 2.93. The smallest absolute Gasteiger partial charge is 0.339 e. The molecule has 4 heterocycles. The highest BCUT2D eigenvalue weighted by atomic mass is 16.7. The summed E-state index contributed by atoms with van der Waals surface area (Å²) in [4.78, 5) is 54.9. The number of hydrogen-bond acceptors (Lipinski definition) is 8. The fourth-order valence-corrected chi connectivity index (χ4v) is 9.17. The van der Waals surface area contributed by atoms with Crippen molar-refractivity contribution < 1.29 is 37.8 Å². The van der Waals surface area contributed by atoms with Gasteiger partial charge in [-0.1, -0.05) is 13.0 Å². The van der Waals surface area contributed by atoms with Crippen molar-refractivity contribution in [3.05, 3.63) is 36.3 Å². The van der Waals surface area contributed by atoms with Crippen molar-refractivity contribution in [1.82, 2.24) is 0 Å². The number of epoxide rings is 1. The first-order chi connectivity index (χ1) is 16.0. The fourth-order valence-electron chi connectivity index (χ4n) is 9.17. The van der Waals surface area contributed by atoms with Gasteiger partial charge in [-0.3, -0.25) is 14.4 Å². The predicted molar refractivity (Wildman–Crippen MR) is 113 cm³/mol. The third-order valence-electron chi connectivity index (χ3n) is 10.6. The van der Waals surface area contributed by atoms with Crippen molar-refractivity contribution in [3.8, 4) is 0 Å². The van der Waals surface area contributed by atoms with Crippen LogP contribution in [0.1, 0.15) is 52.2 Å². The maximum Gasteiger partial charge on any atom is 0.339 e. The van der Waals surface area contributed by atoms with Crippen molar-refractivity contribution in [3.63, 3.8) is 0 Å². The highest BCUT2D eigenvalue weighted by Crippen LogP contribution is 2.81. The van der Waals surface area contributed by atoms with Crippen LogP contribution in [0.3, 0.4) is 0 Å². The average Bonchev–Trinajstić information content (AvgIpc) is 3.08. The second-order valence-electron chi connectivity index (χ2n) is 11.8. The van der Waals surface area contributed by atoms with E-state index in [1.54, 1.807) is 26.8 Å². The van der Waals surface area contributed by atoms with Gasteiger partial charge in [0.15, 0.2) is 11.9 Å². The molecule has 3 saturated heterocycles. The SMILES string of the molecule is CC1(C)OCC23C=CC(=O)C12C(=O)C(=O)C1(C)C3CCC2(C)C(c3ccoc3)OC(=O)C3OC321. The first-order valence-electron chi connectivity index (χ1n) is 11.8. The Labute approximate surface area is 196 Å². The van der Waals surface area contributed by atoms with Crippen LogP contribution in [0.25, 0.3) is 0 Å². The Balaban J connectivity index is 1.47. The number of furan rings is 1. The van der Waals surface area contributed by atoms with E-state index in [1.165, 1.54) is 18.6 Å². The molecule has 0 bridgehead atoms. The van der Waals surface area contributed by atoms with E-state index in [9.17, 15) is 19.2 Å². The second-order valence-corrected chi connectivity index (χ2v) is 11.8. The normalized spacial score (nSPS) is 51.8. The number of ether oxygens (including phenoxy) is 3. The van der Waals surface area contributed by atoms with Gasteiger partial charge in [-0.05, 0) is 51.7 Å². The Morgan fingerprint density at radius 1 is 1.00 bits per heavy atom.